The van der Waals surface area contributed by atoms with Gasteiger partial charge >= 0.3 is 6.36 Å². The molecule has 1 aromatic carbocycles. The van der Waals surface area contributed by atoms with Crippen molar-refractivity contribution in [2.45, 2.75) is 19.3 Å². The second-order valence-electron chi connectivity index (χ2n) is 4.72. The van der Waals surface area contributed by atoms with Crippen LogP contribution in [0.4, 0.5) is 18.9 Å². The number of rotatable bonds is 2. The van der Waals surface area contributed by atoms with Crippen molar-refractivity contribution in [1.29, 1.82) is 0 Å². The molecule has 1 atom stereocenters. The number of thioether (sulfide) groups is 1. The van der Waals surface area contributed by atoms with Crippen molar-refractivity contribution >= 4 is 23.4 Å². The molecule has 1 amide bonds. The van der Waals surface area contributed by atoms with Gasteiger partial charge in [0.2, 0.25) is 0 Å². The highest BCUT2D eigenvalue weighted by molar-refractivity contribution is 7.99. The average Bonchev–Trinajstić information content (AvgIpc) is 2.39. The van der Waals surface area contributed by atoms with Crippen LogP contribution in [0.25, 0.3) is 0 Å². The van der Waals surface area contributed by atoms with Gasteiger partial charge < -0.3 is 15.4 Å². The first-order valence-corrected chi connectivity index (χ1v) is 7.47. The lowest BCUT2D eigenvalue weighted by Crippen LogP contribution is -2.44. The van der Waals surface area contributed by atoms with Gasteiger partial charge in [-0.25, -0.2) is 0 Å². The van der Waals surface area contributed by atoms with Crippen molar-refractivity contribution < 1.29 is 22.7 Å². The van der Waals surface area contributed by atoms with Crippen molar-refractivity contribution in [1.82, 2.24) is 4.90 Å². The molecule has 1 aliphatic rings. The van der Waals surface area contributed by atoms with Gasteiger partial charge in [-0.15, -0.1) is 13.2 Å². The minimum atomic E-state index is -4.81. The van der Waals surface area contributed by atoms with E-state index < -0.39 is 12.1 Å². The van der Waals surface area contributed by atoms with Crippen LogP contribution in [0.15, 0.2) is 18.2 Å². The van der Waals surface area contributed by atoms with Crippen LogP contribution < -0.4 is 10.5 Å². The Morgan fingerprint density at radius 3 is 2.76 bits per heavy atom. The summed E-state index contributed by atoms with van der Waals surface area (Å²) < 4.78 is 40.3. The normalized spacial score (nSPS) is 19.4. The van der Waals surface area contributed by atoms with Gasteiger partial charge in [-0.1, -0.05) is 0 Å². The van der Waals surface area contributed by atoms with E-state index in [1.165, 1.54) is 12.1 Å². The Balaban J connectivity index is 2.17. The second-order valence-corrected chi connectivity index (χ2v) is 5.87. The first-order chi connectivity index (χ1) is 9.78. The van der Waals surface area contributed by atoms with Crippen LogP contribution in [0.3, 0.4) is 0 Å². The molecule has 0 spiro atoms. The zero-order chi connectivity index (χ0) is 15.6. The molecule has 21 heavy (non-hydrogen) atoms. The fourth-order valence-electron chi connectivity index (χ4n) is 2.09. The largest absolute Gasteiger partial charge is 0.573 e. The summed E-state index contributed by atoms with van der Waals surface area (Å²) >= 11 is 1.77. The number of amides is 1. The molecule has 0 aliphatic carbocycles. The number of hydrogen-bond donors (Lipinski definition) is 1. The summed E-state index contributed by atoms with van der Waals surface area (Å²) in [5, 5.41) is 0. The van der Waals surface area contributed by atoms with Crippen molar-refractivity contribution in [3.05, 3.63) is 23.8 Å². The van der Waals surface area contributed by atoms with E-state index in [1.807, 2.05) is 6.92 Å². The Morgan fingerprint density at radius 1 is 1.48 bits per heavy atom. The van der Waals surface area contributed by atoms with E-state index in [0.29, 0.717) is 6.54 Å². The summed E-state index contributed by atoms with van der Waals surface area (Å²) in [5.74, 6) is 0.964. The lowest BCUT2D eigenvalue weighted by atomic mass is 10.1. The smallest absolute Gasteiger partial charge is 0.404 e. The van der Waals surface area contributed by atoms with Gasteiger partial charge in [-0.05, 0) is 25.1 Å². The van der Waals surface area contributed by atoms with E-state index in [0.717, 1.165) is 17.6 Å². The predicted octanol–water partition coefficient (Wildman–Crippen LogP) is 2.74. The van der Waals surface area contributed by atoms with Gasteiger partial charge in [0.25, 0.3) is 5.91 Å². The van der Waals surface area contributed by atoms with Gasteiger partial charge in [-0.3, -0.25) is 4.79 Å². The molecule has 1 aliphatic heterocycles. The van der Waals surface area contributed by atoms with Crippen LogP contribution in [0.5, 0.6) is 5.75 Å². The zero-order valence-electron chi connectivity index (χ0n) is 11.3. The molecule has 0 saturated carbocycles. The molecule has 2 N–H and O–H groups in total. The molecule has 0 radical (unpaired) electrons. The molecular weight excluding hydrogens is 305 g/mol. The Morgan fingerprint density at radius 2 is 2.19 bits per heavy atom. The standard InChI is InChI=1S/C13H15F3N2O2S/c1-8-7-21-5-4-18(8)12(19)9-2-3-11(10(17)6-9)20-13(14,15)16/h2-3,6,8H,4-5,7,17H2,1H3. The summed E-state index contributed by atoms with van der Waals surface area (Å²) in [6.45, 7) is 2.56. The molecule has 0 bridgehead atoms. The molecule has 1 fully saturated rings. The maximum Gasteiger partial charge on any atom is 0.573 e. The fraction of sp³-hybridized carbons (Fsp3) is 0.462. The molecule has 0 aromatic heterocycles. The third-order valence-electron chi connectivity index (χ3n) is 3.11. The van der Waals surface area contributed by atoms with Crippen LogP contribution in [0.2, 0.25) is 0 Å². The molecule has 1 aromatic rings. The number of nitrogens with two attached hydrogens (primary N) is 1. The van der Waals surface area contributed by atoms with Crippen LogP contribution in [-0.4, -0.2) is 41.3 Å². The highest BCUT2D eigenvalue weighted by atomic mass is 32.2. The maximum atomic E-state index is 12.4. The minimum absolute atomic E-state index is 0.0866. The SMILES string of the molecule is CC1CSCCN1C(=O)c1ccc(OC(F)(F)F)c(N)c1. The molecule has 2 rings (SSSR count). The molecule has 1 unspecified atom stereocenters. The molecule has 4 nitrogen and oxygen atoms in total. The number of alkyl halides is 3. The summed E-state index contributed by atoms with van der Waals surface area (Å²) in [6, 6.07) is 3.68. The highest BCUT2D eigenvalue weighted by Gasteiger charge is 2.32. The number of carbonyl (C=O) groups excluding carboxylic acids is 1. The van der Waals surface area contributed by atoms with Crippen molar-refractivity contribution in [2.24, 2.45) is 0 Å². The lowest BCUT2D eigenvalue weighted by Gasteiger charge is -2.33. The van der Waals surface area contributed by atoms with Gasteiger partial charge in [0.1, 0.15) is 0 Å². The molecule has 8 heteroatoms. The number of benzene rings is 1. The van der Waals surface area contributed by atoms with Crippen LogP contribution in [0.1, 0.15) is 17.3 Å². The van der Waals surface area contributed by atoms with Gasteiger partial charge in [0.15, 0.2) is 5.75 Å². The Kier molecular flexibility index (Phi) is 4.55. The Bertz CT molecular complexity index is 537. The lowest BCUT2D eigenvalue weighted by molar-refractivity contribution is -0.274. The number of nitrogen functional groups attached to an aromatic ring is 1. The van der Waals surface area contributed by atoms with E-state index in [1.54, 1.807) is 16.7 Å². The van der Waals surface area contributed by atoms with Crippen LogP contribution in [0, 0.1) is 0 Å². The van der Waals surface area contributed by atoms with E-state index in [9.17, 15) is 18.0 Å². The predicted molar refractivity (Wildman–Crippen MR) is 75.4 cm³/mol. The number of nitrogens with zero attached hydrogens (tertiary/aromatic N) is 1. The maximum absolute atomic E-state index is 12.4. The zero-order valence-corrected chi connectivity index (χ0v) is 12.1. The number of ether oxygens (including phenoxy) is 1. The molecule has 1 heterocycles. The molecule has 1 saturated heterocycles. The first-order valence-electron chi connectivity index (χ1n) is 6.32. The monoisotopic (exact) mass is 320 g/mol. The Hall–Kier alpha value is -1.57. The van der Waals surface area contributed by atoms with E-state index >= 15 is 0 Å². The second kappa shape index (κ2) is 6.05. The highest BCUT2D eigenvalue weighted by Crippen LogP contribution is 2.29. The summed E-state index contributed by atoms with van der Waals surface area (Å²) in [4.78, 5) is 14.1. The van der Waals surface area contributed by atoms with Crippen molar-refractivity contribution in [3.8, 4) is 5.75 Å². The van der Waals surface area contributed by atoms with E-state index in [-0.39, 0.29) is 23.2 Å². The first kappa shape index (κ1) is 15.8. The van der Waals surface area contributed by atoms with Gasteiger partial charge in [0, 0.05) is 29.7 Å². The quantitative estimate of drug-likeness (QED) is 0.851. The number of carbonyl (C=O) groups is 1. The average molecular weight is 320 g/mol. The minimum Gasteiger partial charge on any atom is -0.404 e. The van der Waals surface area contributed by atoms with Gasteiger partial charge in [0.05, 0.1) is 5.69 Å². The van der Waals surface area contributed by atoms with Crippen molar-refractivity contribution in [2.75, 3.05) is 23.8 Å². The van der Waals surface area contributed by atoms with E-state index in [4.69, 9.17) is 5.73 Å². The van der Waals surface area contributed by atoms with E-state index in [2.05, 4.69) is 4.74 Å². The number of anilines is 1. The fourth-order valence-corrected chi connectivity index (χ4v) is 3.11. The van der Waals surface area contributed by atoms with Crippen LogP contribution in [-0.2, 0) is 0 Å². The number of halogens is 3. The Labute approximate surface area is 124 Å². The molecular formula is C13H15F3N2O2S. The third kappa shape index (κ3) is 3.96. The summed E-state index contributed by atoms with van der Waals surface area (Å²) in [5.41, 5.74) is 5.58. The third-order valence-corrected chi connectivity index (χ3v) is 4.30. The van der Waals surface area contributed by atoms with Crippen molar-refractivity contribution in [3.63, 3.8) is 0 Å². The van der Waals surface area contributed by atoms with Crippen LogP contribution >= 0.6 is 11.8 Å². The summed E-state index contributed by atoms with van der Waals surface area (Å²) in [7, 11) is 0. The summed E-state index contributed by atoms with van der Waals surface area (Å²) in [6.07, 6.45) is -4.81. The molecule has 116 valence electrons. The topological polar surface area (TPSA) is 55.6 Å². The number of hydrogen-bond acceptors (Lipinski definition) is 4. The van der Waals surface area contributed by atoms with Gasteiger partial charge in [-0.2, -0.15) is 11.8 Å².